The second kappa shape index (κ2) is 8.92. The van der Waals surface area contributed by atoms with E-state index >= 15 is 0 Å². The predicted molar refractivity (Wildman–Crippen MR) is 174 cm³/mol. The number of hydrogen-bond acceptors (Lipinski definition) is 3. The zero-order valence-corrected chi connectivity index (χ0v) is 22.7. The molecular formula is C39H24N2O. The molecule has 1 aliphatic carbocycles. The molecule has 42 heavy (non-hydrogen) atoms. The van der Waals surface area contributed by atoms with E-state index in [1.807, 2.05) is 36.5 Å². The van der Waals surface area contributed by atoms with Crippen molar-refractivity contribution < 1.29 is 4.42 Å². The molecule has 196 valence electrons. The van der Waals surface area contributed by atoms with Gasteiger partial charge in [-0.25, -0.2) is 4.98 Å². The van der Waals surface area contributed by atoms with E-state index in [1.165, 1.54) is 38.6 Å². The summed E-state index contributed by atoms with van der Waals surface area (Å²) in [6, 6.07) is 49.3. The third-order valence-electron chi connectivity index (χ3n) is 8.47. The molecule has 3 heteroatoms. The zero-order chi connectivity index (χ0) is 27.6. The number of pyridine rings is 1. The smallest absolute Gasteiger partial charge is 0.159 e. The van der Waals surface area contributed by atoms with Crippen LogP contribution in [-0.2, 0) is 0 Å². The summed E-state index contributed by atoms with van der Waals surface area (Å²) >= 11 is 0. The van der Waals surface area contributed by atoms with Crippen molar-refractivity contribution in [2.24, 2.45) is 0 Å². The number of benzene rings is 6. The average molecular weight is 537 g/mol. The zero-order valence-electron chi connectivity index (χ0n) is 22.7. The first-order valence-electron chi connectivity index (χ1n) is 14.2. The first kappa shape index (κ1) is 23.1. The standard InChI is InChI=1S/C39H24N2O/c1-2-13-29-28(12-1)32-16-8-15-31-27(21-22-33(29)38(31)32)25-10-7-11-26(24-25)41(37-20-5-6-23-40-37)35-18-9-17-34-30-14-3-4-19-36(30)42-39(34)35/h1-24H. The maximum absolute atomic E-state index is 6.47. The second-order valence-electron chi connectivity index (χ2n) is 10.8. The van der Waals surface area contributed by atoms with Crippen molar-refractivity contribution in [3.05, 3.63) is 146 Å². The second-order valence-corrected chi connectivity index (χ2v) is 10.8. The Morgan fingerprint density at radius 2 is 1.19 bits per heavy atom. The molecule has 0 atom stereocenters. The Hall–Kier alpha value is -5.67. The van der Waals surface area contributed by atoms with Gasteiger partial charge in [0.05, 0.1) is 5.69 Å². The Morgan fingerprint density at radius 3 is 2.07 bits per heavy atom. The predicted octanol–water partition coefficient (Wildman–Crippen LogP) is 10.9. The number of hydrogen-bond donors (Lipinski definition) is 0. The summed E-state index contributed by atoms with van der Waals surface area (Å²) in [6.45, 7) is 0. The third kappa shape index (κ3) is 3.31. The SMILES string of the molecule is c1ccc(N(c2cccc(-c3ccc4c5c(cccc35)-c3ccccc3-4)c2)c2cccc3c2oc2ccccc23)nc1. The summed E-state index contributed by atoms with van der Waals surface area (Å²) in [4.78, 5) is 6.98. The molecule has 0 saturated carbocycles. The Morgan fingerprint density at radius 1 is 0.500 bits per heavy atom. The van der Waals surface area contributed by atoms with Crippen LogP contribution in [0.2, 0.25) is 0 Å². The van der Waals surface area contributed by atoms with Gasteiger partial charge in [0.2, 0.25) is 0 Å². The fourth-order valence-corrected chi connectivity index (χ4v) is 6.66. The van der Waals surface area contributed by atoms with Gasteiger partial charge in [0.1, 0.15) is 11.4 Å². The van der Waals surface area contributed by atoms with E-state index in [4.69, 9.17) is 9.40 Å². The first-order valence-corrected chi connectivity index (χ1v) is 14.2. The van der Waals surface area contributed by atoms with E-state index in [9.17, 15) is 0 Å². The maximum Gasteiger partial charge on any atom is 0.159 e. The van der Waals surface area contributed by atoms with Crippen molar-refractivity contribution in [3.8, 4) is 33.4 Å². The molecule has 2 aromatic heterocycles. The highest BCUT2D eigenvalue weighted by Gasteiger charge is 2.23. The monoisotopic (exact) mass is 536 g/mol. The quantitative estimate of drug-likeness (QED) is 0.224. The number of aromatic nitrogens is 1. The van der Waals surface area contributed by atoms with Crippen molar-refractivity contribution in [1.29, 1.82) is 0 Å². The molecule has 0 saturated heterocycles. The molecule has 2 heterocycles. The van der Waals surface area contributed by atoms with Gasteiger partial charge in [-0.3, -0.25) is 4.90 Å². The van der Waals surface area contributed by atoms with Crippen LogP contribution in [0.15, 0.2) is 150 Å². The van der Waals surface area contributed by atoms with Gasteiger partial charge in [-0.15, -0.1) is 0 Å². The van der Waals surface area contributed by atoms with Crippen molar-refractivity contribution in [3.63, 3.8) is 0 Å². The third-order valence-corrected chi connectivity index (χ3v) is 8.47. The minimum Gasteiger partial charge on any atom is -0.454 e. The van der Waals surface area contributed by atoms with Crippen molar-refractivity contribution in [2.75, 3.05) is 4.90 Å². The maximum atomic E-state index is 6.47. The van der Waals surface area contributed by atoms with Gasteiger partial charge >= 0.3 is 0 Å². The Balaban J connectivity index is 1.26. The van der Waals surface area contributed by atoms with Crippen LogP contribution in [-0.4, -0.2) is 4.98 Å². The number of nitrogens with zero attached hydrogens (tertiary/aromatic N) is 2. The van der Waals surface area contributed by atoms with Gasteiger partial charge in [0.25, 0.3) is 0 Å². The van der Waals surface area contributed by atoms with E-state index in [0.29, 0.717) is 0 Å². The summed E-state index contributed by atoms with van der Waals surface area (Å²) in [5, 5.41) is 4.79. The van der Waals surface area contributed by atoms with Crippen LogP contribution >= 0.6 is 0 Å². The van der Waals surface area contributed by atoms with Gasteiger partial charge in [0, 0.05) is 22.7 Å². The summed E-state index contributed by atoms with van der Waals surface area (Å²) in [5.41, 5.74) is 11.3. The van der Waals surface area contributed by atoms with Crippen molar-refractivity contribution >= 4 is 49.9 Å². The molecular weight excluding hydrogens is 512 g/mol. The van der Waals surface area contributed by atoms with E-state index < -0.39 is 0 Å². The largest absolute Gasteiger partial charge is 0.454 e. The lowest BCUT2D eigenvalue weighted by atomic mass is 9.94. The molecule has 0 radical (unpaired) electrons. The Bertz CT molecular complexity index is 2290. The Kier molecular flexibility index (Phi) is 4.90. The van der Waals surface area contributed by atoms with Crippen LogP contribution in [0.5, 0.6) is 0 Å². The molecule has 0 aliphatic heterocycles. The van der Waals surface area contributed by atoms with Gasteiger partial charge in [-0.05, 0) is 80.6 Å². The normalized spacial score (nSPS) is 11.8. The van der Waals surface area contributed by atoms with E-state index in [1.54, 1.807) is 0 Å². The average Bonchev–Trinajstić information content (AvgIpc) is 3.60. The summed E-state index contributed by atoms with van der Waals surface area (Å²) in [6.07, 6.45) is 1.84. The minimum absolute atomic E-state index is 0.832. The highest BCUT2D eigenvalue weighted by Crippen LogP contribution is 2.49. The topological polar surface area (TPSA) is 29.3 Å². The van der Waals surface area contributed by atoms with Crippen LogP contribution in [0.3, 0.4) is 0 Å². The molecule has 0 fully saturated rings. The Labute approximate surface area is 242 Å². The molecule has 1 aliphatic rings. The fourth-order valence-electron chi connectivity index (χ4n) is 6.66. The molecule has 3 nitrogen and oxygen atoms in total. The number of furan rings is 1. The molecule has 9 rings (SSSR count). The number of rotatable bonds is 4. The minimum atomic E-state index is 0.832. The van der Waals surface area contributed by atoms with Crippen LogP contribution in [0.4, 0.5) is 17.2 Å². The molecule has 0 N–H and O–H groups in total. The van der Waals surface area contributed by atoms with Crippen molar-refractivity contribution in [1.82, 2.24) is 4.98 Å². The van der Waals surface area contributed by atoms with Crippen LogP contribution in [0.25, 0.3) is 66.1 Å². The first-order chi connectivity index (χ1) is 20.8. The lowest BCUT2D eigenvalue weighted by Crippen LogP contribution is -2.11. The lowest BCUT2D eigenvalue weighted by molar-refractivity contribution is 0.669. The van der Waals surface area contributed by atoms with Gasteiger partial charge in [-0.1, -0.05) is 103 Å². The fraction of sp³-hybridized carbons (Fsp3) is 0. The number of anilines is 3. The van der Waals surface area contributed by atoms with E-state index in [2.05, 4.69) is 114 Å². The van der Waals surface area contributed by atoms with Crippen LogP contribution in [0.1, 0.15) is 0 Å². The molecule has 0 amide bonds. The molecule has 0 bridgehead atoms. The van der Waals surface area contributed by atoms with Gasteiger partial charge < -0.3 is 4.42 Å². The van der Waals surface area contributed by atoms with Gasteiger partial charge in [-0.2, -0.15) is 0 Å². The molecule has 0 spiro atoms. The number of para-hydroxylation sites is 2. The van der Waals surface area contributed by atoms with Crippen LogP contribution < -0.4 is 4.90 Å². The highest BCUT2D eigenvalue weighted by molar-refractivity contribution is 6.18. The summed E-state index contributed by atoms with van der Waals surface area (Å²) in [7, 11) is 0. The molecule has 6 aromatic carbocycles. The van der Waals surface area contributed by atoms with Crippen molar-refractivity contribution in [2.45, 2.75) is 0 Å². The van der Waals surface area contributed by atoms with E-state index in [-0.39, 0.29) is 0 Å². The molecule has 8 aromatic rings. The highest BCUT2D eigenvalue weighted by atomic mass is 16.3. The van der Waals surface area contributed by atoms with Gasteiger partial charge in [0.15, 0.2) is 5.58 Å². The lowest BCUT2D eigenvalue weighted by Gasteiger charge is -2.25. The van der Waals surface area contributed by atoms with Crippen LogP contribution in [0, 0.1) is 0 Å². The molecule has 0 unspecified atom stereocenters. The van der Waals surface area contributed by atoms with E-state index in [0.717, 1.165) is 44.7 Å². The summed E-state index contributed by atoms with van der Waals surface area (Å²) < 4.78 is 6.47. The summed E-state index contributed by atoms with van der Waals surface area (Å²) in [5.74, 6) is 0.832. The number of fused-ring (bicyclic) bond motifs is 6.